The maximum absolute atomic E-state index is 12.6. The van der Waals surface area contributed by atoms with Crippen molar-refractivity contribution < 1.29 is 14.3 Å². The van der Waals surface area contributed by atoms with Crippen LogP contribution in [-0.4, -0.2) is 54.5 Å². The normalized spacial score (nSPS) is 18.0. The van der Waals surface area contributed by atoms with Gasteiger partial charge in [-0.1, -0.05) is 18.2 Å². The van der Waals surface area contributed by atoms with E-state index < -0.39 is 0 Å². The maximum Gasteiger partial charge on any atom is 0.234 e. The van der Waals surface area contributed by atoms with E-state index in [1.54, 1.807) is 12.4 Å². The number of nitrogens with two attached hydrogens (primary N) is 1. The fraction of sp³-hybridized carbons (Fsp3) is 0.273. The van der Waals surface area contributed by atoms with Crippen molar-refractivity contribution in [1.29, 1.82) is 0 Å². The molecule has 11 heteroatoms. The lowest BCUT2D eigenvalue weighted by Gasteiger charge is -2.33. The van der Waals surface area contributed by atoms with Crippen molar-refractivity contribution in [3.8, 4) is 22.8 Å². The number of carbonyl (C=O) groups is 2. The van der Waals surface area contributed by atoms with Gasteiger partial charge in [0.1, 0.15) is 29.3 Å². The van der Waals surface area contributed by atoms with Gasteiger partial charge in [0, 0.05) is 44.0 Å². The average molecular weight is 589 g/mol. The number of pyridine rings is 1. The third kappa shape index (κ3) is 5.49. The number of hydrogen-bond donors (Lipinski definition) is 2. The highest BCUT2D eigenvalue weighted by Crippen LogP contribution is 2.36. The lowest BCUT2D eigenvalue weighted by atomic mass is 9.88. The van der Waals surface area contributed by atoms with Crippen LogP contribution in [0.3, 0.4) is 0 Å². The molecule has 1 unspecified atom stereocenters. The van der Waals surface area contributed by atoms with Gasteiger partial charge in [-0.25, -0.2) is 14.6 Å². The van der Waals surface area contributed by atoms with Crippen molar-refractivity contribution in [1.82, 2.24) is 34.9 Å². The summed E-state index contributed by atoms with van der Waals surface area (Å²) in [5.74, 6) is 1.10. The number of nitrogens with one attached hydrogen (secondary N) is 1. The van der Waals surface area contributed by atoms with E-state index in [0.717, 1.165) is 70.8 Å². The number of para-hydroxylation sites is 1. The summed E-state index contributed by atoms with van der Waals surface area (Å²) in [6.07, 6.45) is 7.63. The summed E-state index contributed by atoms with van der Waals surface area (Å²) in [6.45, 7) is 2.41. The van der Waals surface area contributed by atoms with Crippen molar-refractivity contribution in [3.05, 3.63) is 90.5 Å². The second kappa shape index (κ2) is 11.8. The summed E-state index contributed by atoms with van der Waals surface area (Å²) < 4.78 is 7.98. The minimum absolute atomic E-state index is 0.143. The number of aromatic nitrogens is 5. The number of ether oxygens (including phenoxy) is 1. The van der Waals surface area contributed by atoms with Crippen LogP contribution in [0.4, 0.5) is 5.82 Å². The van der Waals surface area contributed by atoms with Gasteiger partial charge in [0.05, 0.1) is 17.3 Å². The van der Waals surface area contributed by atoms with Crippen LogP contribution < -0.4 is 15.8 Å². The first kappa shape index (κ1) is 27.7. The van der Waals surface area contributed by atoms with Gasteiger partial charge in [0.15, 0.2) is 5.65 Å². The molecule has 1 atom stereocenters. The standard InChI is InChI=1S/C33H32N8O3/c34-31-29-30(21-6-8-25(9-7-21)44-24-4-2-1-3-5-24)39-41(32(29)37-20-36-31)23-13-16-40(17-14-23)19-22-12-15-35-18-27(22)26-10-11-28(42)38-33(26)43/h1-9,12,15,18,20,23,26H,10-11,13-14,16-17,19H2,(H2,34,36,37)(H,38,42,43). The molecule has 2 aliphatic heterocycles. The third-order valence-corrected chi connectivity index (χ3v) is 8.48. The molecule has 2 saturated heterocycles. The number of fused-ring (bicyclic) bond motifs is 1. The number of hydrogen-bond acceptors (Lipinski definition) is 9. The Kier molecular flexibility index (Phi) is 7.45. The minimum Gasteiger partial charge on any atom is -0.457 e. The molecule has 0 aliphatic carbocycles. The molecular weight excluding hydrogens is 556 g/mol. The Morgan fingerprint density at radius 3 is 2.48 bits per heavy atom. The molecule has 2 fully saturated rings. The summed E-state index contributed by atoms with van der Waals surface area (Å²) in [6, 6.07) is 19.6. The van der Waals surface area contributed by atoms with Crippen LogP contribution in [0.2, 0.25) is 0 Å². The molecule has 0 saturated carbocycles. The van der Waals surface area contributed by atoms with Gasteiger partial charge < -0.3 is 10.5 Å². The predicted octanol–water partition coefficient (Wildman–Crippen LogP) is 4.62. The lowest BCUT2D eigenvalue weighted by molar-refractivity contribution is -0.134. The van der Waals surface area contributed by atoms with Gasteiger partial charge in [-0.3, -0.25) is 24.8 Å². The molecule has 2 aromatic carbocycles. The summed E-state index contributed by atoms with van der Waals surface area (Å²) in [5, 5.41) is 8.27. The molecule has 44 heavy (non-hydrogen) atoms. The smallest absolute Gasteiger partial charge is 0.234 e. The Morgan fingerprint density at radius 2 is 1.70 bits per heavy atom. The van der Waals surface area contributed by atoms with E-state index in [4.69, 9.17) is 15.6 Å². The van der Waals surface area contributed by atoms with E-state index in [2.05, 4.69) is 25.2 Å². The van der Waals surface area contributed by atoms with Crippen LogP contribution in [0.5, 0.6) is 11.5 Å². The zero-order valence-electron chi connectivity index (χ0n) is 24.1. The van der Waals surface area contributed by atoms with Crippen molar-refractivity contribution in [3.63, 3.8) is 0 Å². The SMILES string of the molecule is Nc1ncnc2c1c(-c1ccc(Oc3ccccc3)cc1)nn2C1CCN(Cc2ccncc2C2CCC(=O)NC2=O)CC1. The molecule has 222 valence electrons. The first-order chi connectivity index (χ1) is 21.5. The van der Waals surface area contributed by atoms with E-state index in [1.165, 1.54) is 6.33 Å². The van der Waals surface area contributed by atoms with E-state index in [1.807, 2.05) is 65.3 Å². The van der Waals surface area contributed by atoms with Gasteiger partial charge in [-0.05, 0) is 72.9 Å². The van der Waals surface area contributed by atoms with Crippen molar-refractivity contribution in [2.24, 2.45) is 0 Å². The van der Waals surface area contributed by atoms with Crippen molar-refractivity contribution >= 4 is 28.7 Å². The minimum atomic E-state index is -0.355. The number of nitrogens with zero attached hydrogens (tertiary/aromatic N) is 6. The van der Waals surface area contributed by atoms with E-state index in [0.29, 0.717) is 25.2 Å². The Labute approximate surface area is 254 Å². The highest BCUT2D eigenvalue weighted by molar-refractivity contribution is 6.01. The van der Waals surface area contributed by atoms with Crippen LogP contribution in [0.25, 0.3) is 22.3 Å². The van der Waals surface area contributed by atoms with Gasteiger partial charge in [0.2, 0.25) is 11.8 Å². The Bertz CT molecular complexity index is 1810. The molecule has 0 bridgehead atoms. The van der Waals surface area contributed by atoms with Crippen molar-refractivity contribution in [2.45, 2.75) is 44.2 Å². The van der Waals surface area contributed by atoms with E-state index in [9.17, 15) is 9.59 Å². The highest BCUT2D eigenvalue weighted by Gasteiger charge is 2.31. The summed E-state index contributed by atoms with van der Waals surface area (Å²) in [5.41, 5.74) is 10.7. The zero-order valence-corrected chi connectivity index (χ0v) is 24.1. The fourth-order valence-corrected chi connectivity index (χ4v) is 6.20. The summed E-state index contributed by atoms with van der Waals surface area (Å²) in [7, 11) is 0. The molecule has 7 rings (SSSR count). The molecule has 3 N–H and O–H groups in total. The second-order valence-electron chi connectivity index (χ2n) is 11.3. The quantitative estimate of drug-likeness (QED) is 0.261. The molecule has 0 spiro atoms. The predicted molar refractivity (Wildman–Crippen MR) is 165 cm³/mol. The molecule has 2 amide bonds. The summed E-state index contributed by atoms with van der Waals surface area (Å²) >= 11 is 0. The van der Waals surface area contributed by atoms with Crippen LogP contribution in [0, 0.1) is 0 Å². The number of amides is 2. The largest absolute Gasteiger partial charge is 0.457 e. The first-order valence-electron chi connectivity index (χ1n) is 14.8. The summed E-state index contributed by atoms with van der Waals surface area (Å²) in [4.78, 5) is 39.8. The number of anilines is 1. The van der Waals surface area contributed by atoms with Crippen LogP contribution in [0.1, 0.15) is 48.8 Å². The van der Waals surface area contributed by atoms with Gasteiger partial charge >= 0.3 is 0 Å². The number of nitrogen functional groups attached to an aromatic ring is 1. The first-order valence-corrected chi connectivity index (χ1v) is 14.8. The molecule has 2 aliphatic rings. The van der Waals surface area contributed by atoms with E-state index in [-0.39, 0.29) is 23.8 Å². The Balaban J connectivity index is 1.08. The number of likely N-dealkylation sites (tertiary alicyclic amines) is 1. The number of rotatable bonds is 7. The fourth-order valence-electron chi connectivity index (χ4n) is 6.20. The molecule has 0 radical (unpaired) electrons. The van der Waals surface area contributed by atoms with Crippen LogP contribution >= 0.6 is 0 Å². The lowest BCUT2D eigenvalue weighted by Crippen LogP contribution is -2.40. The van der Waals surface area contributed by atoms with Crippen LogP contribution in [-0.2, 0) is 16.1 Å². The maximum atomic E-state index is 12.6. The molecule has 5 aromatic rings. The van der Waals surface area contributed by atoms with Gasteiger partial charge in [-0.15, -0.1) is 0 Å². The molecule has 11 nitrogen and oxygen atoms in total. The average Bonchev–Trinajstić information content (AvgIpc) is 3.44. The highest BCUT2D eigenvalue weighted by atomic mass is 16.5. The molecular formula is C33H32N8O3. The van der Waals surface area contributed by atoms with Crippen LogP contribution in [0.15, 0.2) is 79.4 Å². The Hall–Kier alpha value is -5.16. The topological polar surface area (TPSA) is 141 Å². The third-order valence-electron chi connectivity index (χ3n) is 8.48. The van der Waals surface area contributed by atoms with Gasteiger partial charge in [0.25, 0.3) is 0 Å². The number of piperidine rings is 2. The zero-order chi connectivity index (χ0) is 30.0. The molecule has 3 aromatic heterocycles. The van der Waals surface area contributed by atoms with Gasteiger partial charge in [-0.2, -0.15) is 5.10 Å². The molecule has 5 heterocycles. The van der Waals surface area contributed by atoms with E-state index >= 15 is 0 Å². The second-order valence-corrected chi connectivity index (χ2v) is 11.3. The number of imide groups is 1. The number of carbonyl (C=O) groups excluding carboxylic acids is 2. The number of benzene rings is 2. The Morgan fingerprint density at radius 1 is 0.932 bits per heavy atom. The van der Waals surface area contributed by atoms with Crippen molar-refractivity contribution in [2.75, 3.05) is 18.8 Å². The monoisotopic (exact) mass is 588 g/mol.